The molecule has 0 atom stereocenters. The Morgan fingerprint density at radius 3 is 2.22 bits per heavy atom. The van der Waals surface area contributed by atoms with E-state index in [0.29, 0.717) is 5.41 Å². The van der Waals surface area contributed by atoms with Crippen LogP contribution in [0.1, 0.15) is 41.0 Å². The van der Waals surface area contributed by atoms with E-state index in [2.05, 4.69) is 58.8 Å². The smallest absolute Gasteiger partial charge is 0.0382 e. The molecule has 0 unspecified atom stereocenters. The lowest BCUT2D eigenvalue weighted by Crippen LogP contribution is -2.24. The lowest BCUT2D eigenvalue weighted by molar-refractivity contribution is 0.343. The SMILES string of the molecule is C=CC(=C)/C=C(/C)C(=C(C)C)N1CCC(C)(C)C1. The Morgan fingerprint density at radius 2 is 1.83 bits per heavy atom. The molecule has 0 saturated carbocycles. The molecular weight excluding hydrogens is 218 g/mol. The van der Waals surface area contributed by atoms with Crippen molar-refractivity contribution in [3.05, 3.63) is 47.7 Å². The van der Waals surface area contributed by atoms with Gasteiger partial charge in [-0.15, -0.1) is 0 Å². The molecule has 18 heavy (non-hydrogen) atoms. The highest BCUT2D eigenvalue weighted by Crippen LogP contribution is 2.34. The zero-order valence-electron chi connectivity index (χ0n) is 12.6. The lowest BCUT2D eigenvalue weighted by atomic mass is 9.93. The Morgan fingerprint density at radius 1 is 1.22 bits per heavy atom. The minimum absolute atomic E-state index is 0.427. The summed E-state index contributed by atoms with van der Waals surface area (Å²) in [6, 6.07) is 0. The molecule has 0 aromatic heterocycles. The van der Waals surface area contributed by atoms with E-state index in [9.17, 15) is 0 Å². The van der Waals surface area contributed by atoms with Crippen LogP contribution in [0.2, 0.25) is 0 Å². The third-order valence-electron chi connectivity index (χ3n) is 3.50. The first-order chi connectivity index (χ1) is 8.26. The fourth-order valence-electron chi connectivity index (χ4n) is 2.67. The van der Waals surface area contributed by atoms with Crippen LogP contribution in [0.3, 0.4) is 0 Å². The highest BCUT2D eigenvalue weighted by Gasteiger charge is 2.30. The van der Waals surface area contributed by atoms with Gasteiger partial charge in [-0.3, -0.25) is 0 Å². The first kappa shape index (κ1) is 14.8. The zero-order chi connectivity index (χ0) is 13.9. The quantitative estimate of drug-likeness (QED) is 0.649. The molecule has 1 saturated heterocycles. The molecule has 1 heteroatoms. The highest BCUT2D eigenvalue weighted by molar-refractivity contribution is 5.40. The van der Waals surface area contributed by atoms with Gasteiger partial charge in [0.25, 0.3) is 0 Å². The predicted octanol–water partition coefficient (Wildman–Crippen LogP) is 4.70. The molecule has 1 heterocycles. The van der Waals surface area contributed by atoms with Crippen molar-refractivity contribution >= 4 is 0 Å². The van der Waals surface area contributed by atoms with E-state index in [0.717, 1.165) is 18.7 Å². The fraction of sp³-hybridized carbons (Fsp3) is 0.529. The van der Waals surface area contributed by atoms with Gasteiger partial charge in [0.05, 0.1) is 0 Å². The second-order valence-corrected chi connectivity index (χ2v) is 6.29. The second-order valence-electron chi connectivity index (χ2n) is 6.29. The van der Waals surface area contributed by atoms with Crippen LogP contribution >= 0.6 is 0 Å². The molecule has 1 aliphatic rings. The van der Waals surface area contributed by atoms with Crippen molar-refractivity contribution in [1.29, 1.82) is 0 Å². The average molecular weight is 245 g/mol. The minimum atomic E-state index is 0.427. The van der Waals surface area contributed by atoms with Crippen LogP contribution in [0, 0.1) is 5.41 Å². The van der Waals surface area contributed by atoms with E-state index in [-0.39, 0.29) is 0 Å². The molecule has 0 amide bonds. The monoisotopic (exact) mass is 245 g/mol. The van der Waals surface area contributed by atoms with Gasteiger partial charge in [0.2, 0.25) is 0 Å². The van der Waals surface area contributed by atoms with Crippen molar-refractivity contribution in [3.8, 4) is 0 Å². The van der Waals surface area contributed by atoms with Crippen molar-refractivity contribution in [1.82, 2.24) is 4.90 Å². The Balaban J connectivity index is 3.00. The number of rotatable bonds is 4. The summed E-state index contributed by atoms with van der Waals surface area (Å²) in [4.78, 5) is 2.51. The third-order valence-corrected chi connectivity index (χ3v) is 3.50. The predicted molar refractivity (Wildman–Crippen MR) is 81.4 cm³/mol. The minimum Gasteiger partial charge on any atom is -0.371 e. The summed E-state index contributed by atoms with van der Waals surface area (Å²) in [7, 11) is 0. The molecular formula is C17H27N. The summed E-state index contributed by atoms with van der Waals surface area (Å²) in [5.74, 6) is 0. The molecule has 0 radical (unpaired) electrons. The van der Waals surface area contributed by atoms with Gasteiger partial charge in [0, 0.05) is 18.8 Å². The van der Waals surface area contributed by atoms with Crippen molar-refractivity contribution in [2.45, 2.75) is 41.0 Å². The summed E-state index contributed by atoms with van der Waals surface area (Å²) < 4.78 is 0. The van der Waals surface area contributed by atoms with Gasteiger partial charge in [-0.25, -0.2) is 0 Å². The molecule has 100 valence electrons. The van der Waals surface area contributed by atoms with E-state index in [1.54, 1.807) is 6.08 Å². The number of hydrogen-bond donors (Lipinski definition) is 0. The van der Waals surface area contributed by atoms with E-state index in [1.165, 1.54) is 23.3 Å². The summed E-state index contributed by atoms with van der Waals surface area (Å²) in [5, 5.41) is 0. The second kappa shape index (κ2) is 5.60. The molecule has 0 bridgehead atoms. The van der Waals surface area contributed by atoms with E-state index in [4.69, 9.17) is 0 Å². The topological polar surface area (TPSA) is 3.24 Å². The number of allylic oxidation sites excluding steroid dienone is 5. The van der Waals surface area contributed by atoms with Crippen LogP contribution < -0.4 is 0 Å². The van der Waals surface area contributed by atoms with Crippen LogP contribution in [0.5, 0.6) is 0 Å². The van der Waals surface area contributed by atoms with Gasteiger partial charge in [-0.1, -0.05) is 44.7 Å². The van der Waals surface area contributed by atoms with Crippen molar-refractivity contribution < 1.29 is 0 Å². The Kier molecular flexibility index (Phi) is 4.61. The molecule has 1 nitrogen and oxygen atoms in total. The normalized spacial score (nSPS) is 18.7. The lowest BCUT2D eigenvalue weighted by Gasteiger charge is -2.26. The largest absolute Gasteiger partial charge is 0.371 e. The van der Waals surface area contributed by atoms with Gasteiger partial charge < -0.3 is 4.90 Å². The molecule has 0 aromatic carbocycles. The summed E-state index contributed by atoms with van der Waals surface area (Å²) >= 11 is 0. The van der Waals surface area contributed by atoms with Gasteiger partial charge in [0.15, 0.2) is 0 Å². The summed E-state index contributed by atoms with van der Waals surface area (Å²) in [6.45, 7) is 21.3. The van der Waals surface area contributed by atoms with Gasteiger partial charge >= 0.3 is 0 Å². The van der Waals surface area contributed by atoms with Crippen molar-refractivity contribution in [3.63, 3.8) is 0 Å². The standard InChI is InChI=1S/C17H27N/c1-8-14(4)11-15(5)16(13(2)3)18-10-9-17(6,7)12-18/h8,11H,1,4,9-10,12H2,2-3,5-7H3/b15-11-. The maximum absolute atomic E-state index is 3.97. The summed E-state index contributed by atoms with van der Waals surface area (Å²) in [6.07, 6.45) is 5.19. The van der Waals surface area contributed by atoms with E-state index < -0.39 is 0 Å². The van der Waals surface area contributed by atoms with Gasteiger partial charge in [-0.2, -0.15) is 0 Å². The van der Waals surface area contributed by atoms with Crippen LogP contribution in [0.25, 0.3) is 0 Å². The van der Waals surface area contributed by atoms with Crippen LogP contribution in [0.15, 0.2) is 47.7 Å². The number of likely N-dealkylation sites (tertiary alicyclic amines) is 1. The highest BCUT2D eigenvalue weighted by atomic mass is 15.2. The molecule has 0 aliphatic carbocycles. The van der Waals surface area contributed by atoms with Crippen molar-refractivity contribution in [2.75, 3.05) is 13.1 Å². The fourth-order valence-corrected chi connectivity index (χ4v) is 2.67. The van der Waals surface area contributed by atoms with Crippen LogP contribution in [-0.4, -0.2) is 18.0 Å². The van der Waals surface area contributed by atoms with Crippen LogP contribution in [0.4, 0.5) is 0 Å². The Hall–Kier alpha value is -1.24. The third kappa shape index (κ3) is 3.63. The molecule has 1 aliphatic heterocycles. The maximum atomic E-state index is 3.97. The van der Waals surface area contributed by atoms with Crippen molar-refractivity contribution in [2.24, 2.45) is 5.41 Å². The molecule has 0 spiro atoms. The maximum Gasteiger partial charge on any atom is 0.0382 e. The van der Waals surface area contributed by atoms with E-state index >= 15 is 0 Å². The van der Waals surface area contributed by atoms with Gasteiger partial charge in [-0.05, 0) is 43.8 Å². The van der Waals surface area contributed by atoms with Gasteiger partial charge in [0.1, 0.15) is 0 Å². The summed E-state index contributed by atoms with van der Waals surface area (Å²) in [5.41, 5.74) is 5.44. The Labute approximate surface area is 113 Å². The van der Waals surface area contributed by atoms with Crippen LogP contribution in [-0.2, 0) is 0 Å². The first-order valence-electron chi connectivity index (χ1n) is 6.69. The Bertz CT molecular complexity index is 403. The number of nitrogens with zero attached hydrogens (tertiary/aromatic N) is 1. The average Bonchev–Trinajstić information content (AvgIpc) is 2.58. The molecule has 1 fully saturated rings. The first-order valence-corrected chi connectivity index (χ1v) is 6.69. The molecule has 1 rings (SSSR count). The zero-order valence-corrected chi connectivity index (χ0v) is 12.6. The molecule has 0 N–H and O–H groups in total. The molecule has 0 aromatic rings. The van der Waals surface area contributed by atoms with E-state index in [1.807, 2.05) is 0 Å². The number of hydrogen-bond acceptors (Lipinski definition) is 1.